The molecule has 94 valence electrons. The molecule has 0 radical (unpaired) electrons. The van der Waals surface area contributed by atoms with Crippen molar-refractivity contribution in [2.75, 3.05) is 7.11 Å². The highest BCUT2D eigenvalue weighted by atomic mass is 79.9. The first-order chi connectivity index (χ1) is 8.61. The number of hydrogen-bond acceptors (Lipinski definition) is 2. The van der Waals surface area contributed by atoms with Crippen LogP contribution in [0.5, 0.6) is 5.75 Å². The maximum absolute atomic E-state index is 10.3. The summed E-state index contributed by atoms with van der Waals surface area (Å²) < 4.78 is 6.00. The molecule has 1 atom stereocenters. The van der Waals surface area contributed by atoms with Gasteiger partial charge in [0.05, 0.1) is 12.1 Å². The van der Waals surface area contributed by atoms with E-state index in [1.807, 2.05) is 24.3 Å². The van der Waals surface area contributed by atoms with Gasteiger partial charge in [0.1, 0.15) is 11.9 Å². The summed E-state index contributed by atoms with van der Waals surface area (Å²) in [7, 11) is 1.58. The van der Waals surface area contributed by atoms with Crippen LogP contribution in [0.1, 0.15) is 17.2 Å². The number of hydrogen-bond donors (Lipinski definition) is 1. The maximum atomic E-state index is 10.3. The summed E-state index contributed by atoms with van der Waals surface area (Å²) in [4.78, 5) is 0. The van der Waals surface area contributed by atoms with Crippen LogP contribution in [0.2, 0.25) is 5.02 Å². The first-order valence-electron chi connectivity index (χ1n) is 5.39. The second-order valence-electron chi connectivity index (χ2n) is 3.84. The van der Waals surface area contributed by atoms with Crippen LogP contribution in [-0.2, 0) is 0 Å². The third kappa shape index (κ3) is 2.86. The van der Waals surface area contributed by atoms with Crippen molar-refractivity contribution in [3.05, 3.63) is 63.1 Å². The van der Waals surface area contributed by atoms with E-state index in [1.54, 1.807) is 25.3 Å². The Bertz CT molecular complexity index is 557. The van der Waals surface area contributed by atoms with E-state index in [4.69, 9.17) is 16.3 Å². The number of methoxy groups -OCH3 is 1. The standard InChI is InChI=1S/C14H12BrClO2/c1-18-11-5-6-12(13(16)8-11)14(17)9-3-2-4-10(15)7-9/h2-8,14,17H,1H3. The van der Waals surface area contributed by atoms with E-state index in [2.05, 4.69) is 15.9 Å². The predicted molar refractivity (Wildman–Crippen MR) is 76.2 cm³/mol. The average molecular weight is 328 g/mol. The Morgan fingerprint density at radius 3 is 2.61 bits per heavy atom. The largest absolute Gasteiger partial charge is 0.497 e. The fraction of sp³-hybridized carbons (Fsp3) is 0.143. The minimum absolute atomic E-state index is 0.488. The number of aliphatic hydroxyl groups is 1. The Kier molecular flexibility index (Phi) is 4.27. The summed E-state index contributed by atoms with van der Waals surface area (Å²) >= 11 is 9.52. The first-order valence-corrected chi connectivity index (χ1v) is 6.56. The van der Waals surface area contributed by atoms with E-state index < -0.39 is 6.10 Å². The second-order valence-corrected chi connectivity index (χ2v) is 5.17. The van der Waals surface area contributed by atoms with E-state index in [-0.39, 0.29) is 0 Å². The molecule has 18 heavy (non-hydrogen) atoms. The lowest BCUT2D eigenvalue weighted by Crippen LogP contribution is -2.00. The molecule has 0 aliphatic rings. The number of halogens is 2. The molecule has 0 fully saturated rings. The van der Waals surface area contributed by atoms with Crippen LogP contribution in [0.4, 0.5) is 0 Å². The molecule has 0 saturated carbocycles. The molecule has 1 N–H and O–H groups in total. The third-order valence-corrected chi connectivity index (χ3v) is 3.49. The first kappa shape index (κ1) is 13.4. The van der Waals surface area contributed by atoms with Crippen molar-refractivity contribution in [2.45, 2.75) is 6.10 Å². The normalized spacial score (nSPS) is 12.2. The van der Waals surface area contributed by atoms with E-state index >= 15 is 0 Å². The molecule has 4 heteroatoms. The summed E-state index contributed by atoms with van der Waals surface area (Å²) in [6.07, 6.45) is -0.749. The van der Waals surface area contributed by atoms with Crippen molar-refractivity contribution < 1.29 is 9.84 Å². The molecule has 0 saturated heterocycles. The predicted octanol–water partition coefficient (Wildman–Crippen LogP) is 4.19. The lowest BCUT2D eigenvalue weighted by Gasteiger charge is -2.14. The topological polar surface area (TPSA) is 29.5 Å². The van der Waals surface area contributed by atoms with Crippen LogP contribution >= 0.6 is 27.5 Å². The zero-order valence-corrected chi connectivity index (χ0v) is 12.1. The molecular weight excluding hydrogens is 316 g/mol. The van der Waals surface area contributed by atoms with Gasteiger partial charge in [-0.1, -0.05) is 45.7 Å². The minimum Gasteiger partial charge on any atom is -0.497 e. The summed E-state index contributed by atoms with van der Waals surface area (Å²) in [5.41, 5.74) is 1.45. The fourth-order valence-corrected chi connectivity index (χ4v) is 2.40. The number of aliphatic hydroxyl groups excluding tert-OH is 1. The van der Waals surface area contributed by atoms with Gasteiger partial charge in [0.15, 0.2) is 0 Å². The highest BCUT2D eigenvalue weighted by Gasteiger charge is 2.14. The zero-order chi connectivity index (χ0) is 13.1. The molecule has 0 bridgehead atoms. The highest BCUT2D eigenvalue weighted by molar-refractivity contribution is 9.10. The molecule has 2 rings (SSSR count). The molecule has 0 amide bonds. The van der Waals surface area contributed by atoms with Crippen molar-refractivity contribution in [3.63, 3.8) is 0 Å². The van der Waals surface area contributed by atoms with Gasteiger partial charge in [-0.3, -0.25) is 0 Å². The molecule has 0 heterocycles. The van der Waals surface area contributed by atoms with Gasteiger partial charge in [-0.25, -0.2) is 0 Å². The van der Waals surface area contributed by atoms with Crippen LogP contribution in [0.3, 0.4) is 0 Å². The van der Waals surface area contributed by atoms with Gasteiger partial charge in [0.2, 0.25) is 0 Å². The average Bonchev–Trinajstić information content (AvgIpc) is 2.37. The van der Waals surface area contributed by atoms with E-state index in [9.17, 15) is 5.11 Å². The summed E-state index contributed by atoms with van der Waals surface area (Å²) in [5, 5.41) is 10.8. The smallest absolute Gasteiger partial charge is 0.120 e. The van der Waals surface area contributed by atoms with Crippen molar-refractivity contribution >= 4 is 27.5 Å². The van der Waals surface area contributed by atoms with Crippen molar-refractivity contribution in [1.82, 2.24) is 0 Å². The lowest BCUT2D eigenvalue weighted by atomic mass is 10.0. The molecule has 1 unspecified atom stereocenters. The molecule has 2 aromatic carbocycles. The van der Waals surface area contributed by atoms with Gasteiger partial charge in [0.25, 0.3) is 0 Å². The van der Waals surface area contributed by atoms with Gasteiger partial charge in [-0.2, -0.15) is 0 Å². The summed E-state index contributed by atoms with van der Waals surface area (Å²) in [6.45, 7) is 0. The highest BCUT2D eigenvalue weighted by Crippen LogP contribution is 2.31. The van der Waals surface area contributed by atoms with Crippen LogP contribution in [0.25, 0.3) is 0 Å². The molecule has 2 nitrogen and oxygen atoms in total. The van der Waals surface area contributed by atoms with Crippen LogP contribution in [0.15, 0.2) is 46.9 Å². The van der Waals surface area contributed by atoms with Gasteiger partial charge < -0.3 is 9.84 Å². The van der Waals surface area contributed by atoms with Crippen molar-refractivity contribution in [3.8, 4) is 5.75 Å². The Balaban J connectivity index is 2.37. The van der Waals surface area contributed by atoms with Crippen LogP contribution in [0, 0.1) is 0 Å². The Hall–Kier alpha value is -1.03. The molecule has 0 aliphatic carbocycles. The summed E-state index contributed by atoms with van der Waals surface area (Å²) in [5.74, 6) is 0.671. The van der Waals surface area contributed by atoms with E-state index in [0.717, 1.165) is 10.0 Å². The van der Waals surface area contributed by atoms with Gasteiger partial charge in [0, 0.05) is 10.0 Å². The zero-order valence-electron chi connectivity index (χ0n) is 9.73. The van der Waals surface area contributed by atoms with Crippen LogP contribution < -0.4 is 4.74 Å². The Morgan fingerprint density at radius 2 is 2.00 bits per heavy atom. The molecule has 0 aromatic heterocycles. The lowest BCUT2D eigenvalue weighted by molar-refractivity contribution is 0.220. The molecular formula is C14H12BrClO2. The molecule has 2 aromatic rings. The second kappa shape index (κ2) is 5.74. The minimum atomic E-state index is -0.749. The van der Waals surface area contributed by atoms with Crippen molar-refractivity contribution in [2.24, 2.45) is 0 Å². The van der Waals surface area contributed by atoms with E-state index in [1.165, 1.54) is 0 Å². The van der Waals surface area contributed by atoms with E-state index in [0.29, 0.717) is 16.3 Å². The van der Waals surface area contributed by atoms with Gasteiger partial charge in [-0.15, -0.1) is 0 Å². The van der Waals surface area contributed by atoms with Gasteiger partial charge >= 0.3 is 0 Å². The third-order valence-electron chi connectivity index (χ3n) is 2.67. The van der Waals surface area contributed by atoms with Crippen LogP contribution in [-0.4, -0.2) is 12.2 Å². The number of rotatable bonds is 3. The molecule has 0 spiro atoms. The Morgan fingerprint density at radius 1 is 1.22 bits per heavy atom. The number of benzene rings is 2. The fourth-order valence-electron chi connectivity index (χ4n) is 1.71. The Labute approximate surface area is 119 Å². The molecule has 0 aliphatic heterocycles. The van der Waals surface area contributed by atoms with Crippen molar-refractivity contribution in [1.29, 1.82) is 0 Å². The number of ether oxygens (including phenoxy) is 1. The summed E-state index contributed by atoms with van der Waals surface area (Å²) in [6, 6.07) is 12.8. The quantitative estimate of drug-likeness (QED) is 0.916. The maximum Gasteiger partial charge on any atom is 0.120 e. The monoisotopic (exact) mass is 326 g/mol. The van der Waals surface area contributed by atoms with Gasteiger partial charge in [-0.05, 0) is 29.8 Å². The SMILES string of the molecule is COc1ccc(C(O)c2cccc(Br)c2)c(Cl)c1.